The highest BCUT2D eigenvalue weighted by Crippen LogP contribution is 2.20. The second kappa shape index (κ2) is 7.48. The van der Waals surface area contributed by atoms with E-state index >= 15 is 0 Å². The summed E-state index contributed by atoms with van der Waals surface area (Å²) in [5.74, 6) is 0.165. The first kappa shape index (κ1) is 15.1. The van der Waals surface area contributed by atoms with Crippen molar-refractivity contribution in [1.82, 2.24) is 0 Å². The maximum absolute atomic E-state index is 11.7. The second-order valence-corrected chi connectivity index (χ2v) is 5.06. The van der Waals surface area contributed by atoms with Gasteiger partial charge < -0.3 is 10.1 Å². The molecule has 0 bridgehead atoms. The molecule has 0 spiro atoms. The largest absolute Gasteiger partial charge is 0.465 e. The molecule has 1 atom stereocenters. The van der Waals surface area contributed by atoms with Gasteiger partial charge in [-0.05, 0) is 30.0 Å². The average molecular weight is 283 g/mol. The Morgan fingerprint density at radius 2 is 1.76 bits per heavy atom. The van der Waals surface area contributed by atoms with Crippen molar-refractivity contribution in [3.8, 4) is 0 Å². The number of carbonyl (C=O) groups excluding carboxylic acids is 1. The van der Waals surface area contributed by atoms with E-state index in [2.05, 4.69) is 36.5 Å². The molecule has 0 saturated heterocycles. The van der Waals surface area contributed by atoms with E-state index in [-0.39, 0.29) is 5.97 Å². The maximum atomic E-state index is 11.7. The molecule has 1 unspecified atom stereocenters. The van der Waals surface area contributed by atoms with Crippen LogP contribution in [0.3, 0.4) is 0 Å². The van der Waals surface area contributed by atoms with Crippen molar-refractivity contribution < 1.29 is 9.53 Å². The number of benzene rings is 2. The fraction of sp³-hybridized carbons (Fsp3) is 0.278. The standard InChI is InChI=1S/C18H21NO2/c1-14(15-8-4-3-5-9-15)12-13-19-17-11-7-6-10-16(17)18(20)21-2/h3-11,14,19H,12-13H2,1-2H3. The molecule has 2 aromatic carbocycles. The van der Waals surface area contributed by atoms with Gasteiger partial charge in [0.25, 0.3) is 0 Å². The van der Waals surface area contributed by atoms with Gasteiger partial charge in [-0.25, -0.2) is 4.79 Å². The first-order chi connectivity index (χ1) is 10.2. The Hall–Kier alpha value is -2.29. The quantitative estimate of drug-likeness (QED) is 0.812. The van der Waals surface area contributed by atoms with E-state index in [4.69, 9.17) is 4.74 Å². The van der Waals surface area contributed by atoms with E-state index in [1.807, 2.05) is 24.3 Å². The SMILES string of the molecule is COC(=O)c1ccccc1NCCC(C)c1ccccc1. The van der Waals surface area contributed by atoms with Crippen molar-refractivity contribution in [1.29, 1.82) is 0 Å². The lowest BCUT2D eigenvalue weighted by Gasteiger charge is -2.14. The summed E-state index contributed by atoms with van der Waals surface area (Å²) in [5, 5.41) is 3.33. The molecule has 2 rings (SSSR count). The third kappa shape index (κ3) is 4.09. The Bertz CT molecular complexity index is 581. The molecule has 0 aromatic heterocycles. The van der Waals surface area contributed by atoms with E-state index in [0.29, 0.717) is 11.5 Å². The van der Waals surface area contributed by atoms with Crippen LogP contribution >= 0.6 is 0 Å². The highest BCUT2D eigenvalue weighted by atomic mass is 16.5. The lowest BCUT2D eigenvalue weighted by molar-refractivity contribution is 0.0602. The number of esters is 1. The maximum Gasteiger partial charge on any atom is 0.339 e. The monoisotopic (exact) mass is 283 g/mol. The van der Waals surface area contributed by atoms with Gasteiger partial charge in [0.2, 0.25) is 0 Å². The van der Waals surface area contributed by atoms with Crippen LogP contribution in [-0.2, 0) is 4.74 Å². The van der Waals surface area contributed by atoms with E-state index < -0.39 is 0 Å². The number of nitrogens with one attached hydrogen (secondary N) is 1. The Morgan fingerprint density at radius 1 is 1.10 bits per heavy atom. The Balaban J connectivity index is 1.93. The molecule has 110 valence electrons. The molecule has 0 saturated carbocycles. The van der Waals surface area contributed by atoms with Crippen LogP contribution in [-0.4, -0.2) is 19.6 Å². The zero-order valence-corrected chi connectivity index (χ0v) is 12.5. The van der Waals surface area contributed by atoms with Crippen LogP contribution in [0.25, 0.3) is 0 Å². The van der Waals surface area contributed by atoms with Crippen molar-refractivity contribution in [2.45, 2.75) is 19.3 Å². The molecule has 0 amide bonds. The molecule has 0 aliphatic carbocycles. The van der Waals surface area contributed by atoms with Crippen LogP contribution in [0.2, 0.25) is 0 Å². The van der Waals surface area contributed by atoms with Gasteiger partial charge in [0.05, 0.1) is 12.7 Å². The van der Waals surface area contributed by atoms with Crippen molar-refractivity contribution >= 4 is 11.7 Å². The van der Waals surface area contributed by atoms with E-state index in [1.54, 1.807) is 6.07 Å². The van der Waals surface area contributed by atoms with Gasteiger partial charge in [0.15, 0.2) is 0 Å². The van der Waals surface area contributed by atoms with Gasteiger partial charge in [-0.3, -0.25) is 0 Å². The van der Waals surface area contributed by atoms with Crippen molar-refractivity contribution in [3.05, 3.63) is 65.7 Å². The first-order valence-electron chi connectivity index (χ1n) is 7.18. The van der Waals surface area contributed by atoms with Crippen molar-refractivity contribution in [3.63, 3.8) is 0 Å². The minimum atomic E-state index is -0.311. The zero-order valence-electron chi connectivity index (χ0n) is 12.5. The van der Waals surface area contributed by atoms with Gasteiger partial charge in [0.1, 0.15) is 0 Å². The normalized spacial score (nSPS) is 11.7. The van der Waals surface area contributed by atoms with Gasteiger partial charge >= 0.3 is 5.97 Å². The van der Waals surface area contributed by atoms with Crippen molar-refractivity contribution in [2.75, 3.05) is 19.0 Å². The van der Waals surface area contributed by atoms with Gasteiger partial charge in [0, 0.05) is 12.2 Å². The Kier molecular flexibility index (Phi) is 5.38. The third-order valence-corrected chi connectivity index (χ3v) is 3.59. The number of anilines is 1. The second-order valence-electron chi connectivity index (χ2n) is 5.06. The lowest BCUT2D eigenvalue weighted by atomic mass is 9.98. The number of hydrogen-bond donors (Lipinski definition) is 1. The highest BCUT2D eigenvalue weighted by molar-refractivity contribution is 5.95. The molecule has 3 nitrogen and oxygen atoms in total. The van der Waals surface area contributed by atoms with Gasteiger partial charge in [-0.15, -0.1) is 0 Å². The van der Waals surface area contributed by atoms with Crippen LogP contribution in [0.1, 0.15) is 35.2 Å². The number of rotatable bonds is 6. The summed E-state index contributed by atoms with van der Waals surface area (Å²) < 4.78 is 4.79. The molecule has 0 fully saturated rings. The summed E-state index contributed by atoms with van der Waals surface area (Å²) in [6.07, 6.45) is 1.000. The number of methoxy groups -OCH3 is 1. The van der Waals surface area contributed by atoms with Gasteiger partial charge in [-0.1, -0.05) is 49.4 Å². The summed E-state index contributed by atoms with van der Waals surface area (Å²) in [6.45, 7) is 3.02. The Morgan fingerprint density at radius 3 is 2.48 bits per heavy atom. The molecule has 0 radical (unpaired) electrons. The molecule has 0 aliphatic heterocycles. The average Bonchev–Trinajstić information content (AvgIpc) is 2.55. The predicted molar refractivity (Wildman–Crippen MR) is 85.7 cm³/mol. The highest BCUT2D eigenvalue weighted by Gasteiger charge is 2.11. The molecule has 0 heterocycles. The minimum absolute atomic E-state index is 0.311. The van der Waals surface area contributed by atoms with Crippen LogP contribution in [0.15, 0.2) is 54.6 Å². The van der Waals surface area contributed by atoms with E-state index in [9.17, 15) is 4.79 Å². The summed E-state index contributed by atoms with van der Waals surface area (Å²) >= 11 is 0. The van der Waals surface area contributed by atoms with Crippen LogP contribution in [0, 0.1) is 0 Å². The van der Waals surface area contributed by atoms with Crippen LogP contribution in [0.4, 0.5) is 5.69 Å². The minimum Gasteiger partial charge on any atom is -0.465 e. The lowest BCUT2D eigenvalue weighted by Crippen LogP contribution is -2.10. The smallest absolute Gasteiger partial charge is 0.339 e. The first-order valence-corrected chi connectivity index (χ1v) is 7.18. The molecular weight excluding hydrogens is 262 g/mol. The van der Waals surface area contributed by atoms with E-state index in [0.717, 1.165) is 18.7 Å². The summed E-state index contributed by atoms with van der Waals surface area (Å²) in [5.41, 5.74) is 2.73. The summed E-state index contributed by atoms with van der Waals surface area (Å²) in [7, 11) is 1.40. The molecule has 2 aromatic rings. The molecular formula is C18H21NO2. The molecule has 21 heavy (non-hydrogen) atoms. The molecule has 3 heteroatoms. The number of carbonyl (C=O) groups is 1. The van der Waals surface area contributed by atoms with Crippen molar-refractivity contribution in [2.24, 2.45) is 0 Å². The topological polar surface area (TPSA) is 38.3 Å². The third-order valence-electron chi connectivity index (χ3n) is 3.59. The Labute approximate surface area is 126 Å². The molecule has 1 N–H and O–H groups in total. The predicted octanol–water partition coefficient (Wildman–Crippen LogP) is 4.08. The number of ether oxygens (including phenoxy) is 1. The van der Waals surface area contributed by atoms with Gasteiger partial charge in [-0.2, -0.15) is 0 Å². The number of hydrogen-bond acceptors (Lipinski definition) is 3. The van der Waals surface area contributed by atoms with Crippen LogP contribution < -0.4 is 5.32 Å². The fourth-order valence-corrected chi connectivity index (χ4v) is 2.30. The van der Waals surface area contributed by atoms with Crippen LogP contribution in [0.5, 0.6) is 0 Å². The number of para-hydroxylation sites is 1. The molecule has 0 aliphatic rings. The zero-order chi connectivity index (χ0) is 15.1. The fourth-order valence-electron chi connectivity index (χ4n) is 2.30. The summed E-state index contributed by atoms with van der Waals surface area (Å²) in [4.78, 5) is 11.7. The van der Waals surface area contributed by atoms with E-state index in [1.165, 1.54) is 12.7 Å². The summed E-state index contributed by atoms with van der Waals surface area (Å²) in [6, 6.07) is 17.9.